The van der Waals surface area contributed by atoms with Crippen LogP contribution in [0, 0.1) is 6.92 Å². The summed E-state index contributed by atoms with van der Waals surface area (Å²) in [6.07, 6.45) is -0.557. The van der Waals surface area contributed by atoms with Gasteiger partial charge < -0.3 is 14.4 Å². The fourth-order valence-electron chi connectivity index (χ4n) is 5.31. The van der Waals surface area contributed by atoms with E-state index < -0.39 is 6.10 Å². The number of ether oxygens (including phenoxy) is 1. The molecule has 6 rings (SSSR count). The Hall–Kier alpha value is -3.56. The standard InChI is InChI=1S/C32H34N4O3S/c1-22-18-35(20-28(37)21-38-29-12-13-32-30(17-29)33-23(2)40-32)14-15-36(22)19-27-16-31(39-34-27)26-10-8-25(9-11-26)24-6-4-3-5-7-24/h3-13,16-17,22,28,37H,14-15,18-21H2,1-2H3/t22-,28-/m1/s1. The van der Waals surface area contributed by atoms with E-state index in [2.05, 4.69) is 75.4 Å². The van der Waals surface area contributed by atoms with Crippen LogP contribution >= 0.6 is 11.3 Å². The van der Waals surface area contributed by atoms with Crippen LogP contribution in [0.3, 0.4) is 0 Å². The van der Waals surface area contributed by atoms with Crippen LogP contribution in [0.1, 0.15) is 17.6 Å². The normalized spacial score (nSPS) is 17.3. The van der Waals surface area contributed by atoms with Gasteiger partial charge in [-0.2, -0.15) is 0 Å². The number of aryl methyl sites for hydroxylation is 1. The van der Waals surface area contributed by atoms with Gasteiger partial charge >= 0.3 is 0 Å². The molecule has 7 nitrogen and oxygen atoms in total. The predicted octanol–water partition coefficient (Wildman–Crippen LogP) is 5.87. The summed E-state index contributed by atoms with van der Waals surface area (Å²) in [5.41, 5.74) is 5.28. The van der Waals surface area contributed by atoms with E-state index in [-0.39, 0.29) is 6.61 Å². The zero-order valence-electron chi connectivity index (χ0n) is 22.9. The molecule has 0 amide bonds. The molecule has 5 aromatic rings. The maximum atomic E-state index is 10.6. The van der Waals surface area contributed by atoms with Gasteiger partial charge in [0, 0.05) is 56.5 Å². The molecule has 0 radical (unpaired) electrons. The maximum absolute atomic E-state index is 10.6. The van der Waals surface area contributed by atoms with Gasteiger partial charge in [-0.05, 0) is 37.1 Å². The molecule has 206 valence electrons. The summed E-state index contributed by atoms with van der Waals surface area (Å²) < 4.78 is 12.7. The first kappa shape index (κ1) is 26.7. The van der Waals surface area contributed by atoms with E-state index in [1.54, 1.807) is 11.3 Å². The van der Waals surface area contributed by atoms with Crippen LogP contribution in [0.25, 0.3) is 32.7 Å². The molecule has 0 saturated carbocycles. The van der Waals surface area contributed by atoms with E-state index in [1.165, 1.54) is 11.1 Å². The molecule has 1 fully saturated rings. The van der Waals surface area contributed by atoms with Gasteiger partial charge in [-0.3, -0.25) is 9.80 Å². The second-order valence-electron chi connectivity index (χ2n) is 10.5. The number of rotatable bonds is 9. The molecule has 2 aromatic heterocycles. The number of β-amino-alcohol motifs (C(OH)–C–C–N with tert-alkyl or cyclic N) is 1. The van der Waals surface area contributed by atoms with Crippen LogP contribution < -0.4 is 4.74 Å². The Morgan fingerprint density at radius 2 is 1.77 bits per heavy atom. The average molecular weight is 555 g/mol. The number of nitrogens with zero attached hydrogens (tertiary/aromatic N) is 4. The molecular weight excluding hydrogens is 520 g/mol. The first-order valence-electron chi connectivity index (χ1n) is 13.8. The van der Waals surface area contributed by atoms with Crippen molar-refractivity contribution in [2.45, 2.75) is 32.5 Å². The maximum Gasteiger partial charge on any atom is 0.167 e. The summed E-state index contributed by atoms with van der Waals surface area (Å²) in [6, 6.07) is 27.1. The van der Waals surface area contributed by atoms with E-state index in [4.69, 9.17) is 9.26 Å². The van der Waals surface area contributed by atoms with Gasteiger partial charge in [0.2, 0.25) is 0 Å². The largest absolute Gasteiger partial charge is 0.491 e. The molecule has 0 aliphatic carbocycles. The monoisotopic (exact) mass is 554 g/mol. The number of thiazole rings is 1. The van der Waals surface area contributed by atoms with E-state index in [0.29, 0.717) is 12.6 Å². The van der Waals surface area contributed by atoms with Crippen molar-refractivity contribution in [1.82, 2.24) is 19.9 Å². The molecule has 8 heteroatoms. The number of aliphatic hydroxyl groups excluding tert-OH is 1. The third-order valence-electron chi connectivity index (χ3n) is 7.43. The van der Waals surface area contributed by atoms with Gasteiger partial charge in [-0.15, -0.1) is 11.3 Å². The molecule has 2 atom stereocenters. The van der Waals surface area contributed by atoms with Gasteiger partial charge in [0.1, 0.15) is 18.5 Å². The van der Waals surface area contributed by atoms with Gasteiger partial charge in [-0.1, -0.05) is 59.8 Å². The highest BCUT2D eigenvalue weighted by Gasteiger charge is 2.26. The zero-order chi connectivity index (χ0) is 27.5. The average Bonchev–Trinajstić information content (AvgIpc) is 3.59. The van der Waals surface area contributed by atoms with Crippen molar-refractivity contribution in [2.24, 2.45) is 0 Å². The molecule has 0 bridgehead atoms. The zero-order valence-corrected chi connectivity index (χ0v) is 23.7. The van der Waals surface area contributed by atoms with Crippen molar-refractivity contribution in [3.05, 3.63) is 89.6 Å². The van der Waals surface area contributed by atoms with E-state index in [0.717, 1.165) is 64.2 Å². The summed E-state index contributed by atoms with van der Waals surface area (Å²) in [6.45, 7) is 8.49. The lowest BCUT2D eigenvalue weighted by atomic mass is 10.0. The van der Waals surface area contributed by atoms with E-state index in [1.807, 2.05) is 37.3 Å². The summed E-state index contributed by atoms with van der Waals surface area (Å²) >= 11 is 1.67. The molecule has 3 aromatic carbocycles. The van der Waals surface area contributed by atoms with Crippen molar-refractivity contribution in [3.63, 3.8) is 0 Å². The van der Waals surface area contributed by atoms with Crippen LogP contribution in [0.15, 0.2) is 83.4 Å². The van der Waals surface area contributed by atoms with Crippen LogP contribution in [0.2, 0.25) is 0 Å². The third kappa shape index (κ3) is 6.26. The lowest BCUT2D eigenvalue weighted by molar-refractivity contribution is 0.0250. The fraction of sp³-hybridized carbons (Fsp3) is 0.312. The minimum atomic E-state index is -0.557. The Kier molecular flexibility index (Phi) is 7.93. The van der Waals surface area contributed by atoms with Gasteiger partial charge in [0.15, 0.2) is 5.76 Å². The van der Waals surface area contributed by atoms with Crippen molar-refractivity contribution in [2.75, 3.05) is 32.8 Å². The topological polar surface area (TPSA) is 74.9 Å². The number of piperazine rings is 1. The number of hydrogen-bond donors (Lipinski definition) is 1. The highest BCUT2D eigenvalue weighted by Crippen LogP contribution is 2.27. The highest BCUT2D eigenvalue weighted by atomic mass is 32.1. The molecular formula is C32H34N4O3S. The lowest BCUT2D eigenvalue weighted by Crippen LogP contribution is -2.53. The summed E-state index contributed by atoms with van der Waals surface area (Å²) in [5, 5.41) is 16.0. The molecule has 1 saturated heterocycles. The number of aromatic nitrogens is 2. The smallest absolute Gasteiger partial charge is 0.167 e. The van der Waals surface area contributed by atoms with Gasteiger partial charge in [0.25, 0.3) is 0 Å². The fourth-order valence-corrected chi connectivity index (χ4v) is 6.12. The van der Waals surface area contributed by atoms with Crippen molar-refractivity contribution >= 4 is 21.6 Å². The van der Waals surface area contributed by atoms with E-state index >= 15 is 0 Å². The first-order chi connectivity index (χ1) is 19.5. The summed E-state index contributed by atoms with van der Waals surface area (Å²) in [7, 11) is 0. The van der Waals surface area contributed by atoms with Crippen LogP contribution in [-0.4, -0.2) is 70.0 Å². The second kappa shape index (κ2) is 11.9. The predicted molar refractivity (Wildman–Crippen MR) is 160 cm³/mol. The molecule has 0 spiro atoms. The Morgan fingerprint density at radius 3 is 2.58 bits per heavy atom. The van der Waals surface area contributed by atoms with Crippen LogP contribution in [0.4, 0.5) is 0 Å². The highest BCUT2D eigenvalue weighted by molar-refractivity contribution is 7.18. The van der Waals surface area contributed by atoms with Crippen molar-refractivity contribution in [3.8, 4) is 28.2 Å². The quantitative estimate of drug-likeness (QED) is 0.244. The SMILES string of the molecule is Cc1nc2cc(OC[C@H](O)CN3CCN(Cc4cc(-c5ccc(-c6ccccc6)cc5)on4)[C@H](C)C3)ccc2s1. The molecule has 1 aliphatic rings. The van der Waals surface area contributed by atoms with Crippen molar-refractivity contribution < 1.29 is 14.4 Å². The summed E-state index contributed by atoms with van der Waals surface area (Å²) in [5.74, 6) is 1.53. The van der Waals surface area contributed by atoms with Crippen LogP contribution in [-0.2, 0) is 6.54 Å². The first-order valence-corrected chi connectivity index (χ1v) is 14.6. The molecule has 0 unspecified atom stereocenters. The Morgan fingerprint density at radius 1 is 1.00 bits per heavy atom. The molecule has 3 heterocycles. The Bertz CT molecular complexity index is 1550. The molecule has 1 aliphatic heterocycles. The van der Waals surface area contributed by atoms with Gasteiger partial charge in [-0.25, -0.2) is 4.98 Å². The molecule has 1 N–H and O–H groups in total. The second-order valence-corrected chi connectivity index (χ2v) is 11.8. The third-order valence-corrected chi connectivity index (χ3v) is 8.38. The summed E-state index contributed by atoms with van der Waals surface area (Å²) in [4.78, 5) is 9.25. The lowest BCUT2D eigenvalue weighted by Gasteiger charge is -2.40. The Balaban J connectivity index is 0.978. The minimum absolute atomic E-state index is 0.261. The number of benzene rings is 3. The Labute approximate surface area is 238 Å². The van der Waals surface area contributed by atoms with Crippen molar-refractivity contribution in [1.29, 1.82) is 0 Å². The van der Waals surface area contributed by atoms with Crippen LogP contribution in [0.5, 0.6) is 5.75 Å². The minimum Gasteiger partial charge on any atom is -0.491 e. The molecule has 40 heavy (non-hydrogen) atoms. The number of fused-ring (bicyclic) bond motifs is 1. The number of aliphatic hydroxyl groups is 1. The van der Waals surface area contributed by atoms with Gasteiger partial charge in [0.05, 0.1) is 20.9 Å². The number of hydrogen-bond acceptors (Lipinski definition) is 8. The van der Waals surface area contributed by atoms with E-state index in [9.17, 15) is 5.11 Å².